The summed E-state index contributed by atoms with van der Waals surface area (Å²) in [6, 6.07) is 6.13. The number of rotatable bonds is 7. The molecule has 1 unspecified atom stereocenters. The molecule has 1 rings (SSSR count). The van der Waals surface area contributed by atoms with Gasteiger partial charge in [0.05, 0.1) is 5.70 Å². The van der Waals surface area contributed by atoms with Gasteiger partial charge in [0.15, 0.2) is 0 Å². The Hall–Kier alpha value is -0.990. The normalized spacial score (nSPS) is 14.1. The molecule has 0 aliphatic rings. The Balaban J connectivity index is 3.44. The van der Waals surface area contributed by atoms with Gasteiger partial charge in [0.2, 0.25) is 0 Å². The van der Waals surface area contributed by atoms with Crippen molar-refractivity contribution >= 4 is 30.4 Å². The summed E-state index contributed by atoms with van der Waals surface area (Å²) >= 11 is 10.6. The average molecular weight is 322 g/mol. The van der Waals surface area contributed by atoms with Crippen LogP contribution >= 0.6 is 24.2 Å². The van der Waals surface area contributed by atoms with Crippen LogP contribution in [0.15, 0.2) is 47.1 Å². The fourth-order valence-corrected chi connectivity index (χ4v) is 2.95. The van der Waals surface area contributed by atoms with E-state index in [4.69, 9.17) is 11.6 Å². The molecule has 0 saturated carbocycles. The number of aryl methyl sites for hydroxylation is 1. The van der Waals surface area contributed by atoms with Crippen LogP contribution in [0, 0.1) is 0 Å². The maximum atomic E-state index is 6.14. The Morgan fingerprint density at radius 1 is 1.48 bits per heavy atom. The van der Waals surface area contributed by atoms with E-state index in [1.807, 2.05) is 25.3 Å². The number of aliphatic imine (C=N–C) groups is 1. The minimum Gasteiger partial charge on any atom is -0.265 e. The van der Waals surface area contributed by atoms with Gasteiger partial charge in [0.25, 0.3) is 0 Å². The third-order valence-corrected chi connectivity index (χ3v) is 4.08. The first kappa shape index (κ1) is 18.1. The highest BCUT2D eigenvalue weighted by Gasteiger charge is 2.20. The van der Waals surface area contributed by atoms with Crippen molar-refractivity contribution in [2.75, 3.05) is 5.75 Å². The minimum atomic E-state index is 0.226. The van der Waals surface area contributed by atoms with Gasteiger partial charge in [-0.05, 0) is 61.3 Å². The lowest BCUT2D eigenvalue weighted by Crippen LogP contribution is -2.07. The summed E-state index contributed by atoms with van der Waals surface area (Å²) in [6.45, 7) is 10.0. The first-order valence-corrected chi connectivity index (χ1v) is 8.31. The maximum absolute atomic E-state index is 6.14. The topological polar surface area (TPSA) is 12.4 Å². The largest absolute Gasteiger partial charge is 0.265 e. The first-order valence-electron chi connectivity index (χ1n) is 7.30. The molecule has 0 aliphatic carbocycles. The molecule has 0 saturated heterocycles. The van der Waals surface area contributed by atoms with E-state index in [1.165, 1.54) is 11.1 Å². The van der Waals surface area contributed by atoms with Crippen LogP contribution in [0.2, 0.25) is 5.02 Å². The Bertz CT molecular complexity index is 546. The zero-order valence-corrected chi connectivity index (χ0v) is 14.7. The second-order valence-corrected chi connectivity index (χ2v) is 5.80. The van der Waals surface area contributed by atoms with Crippen LogP contribution in [-0.2, 0) is 6.42 Å². The van der Waals surface area contributed by atoms with E-state index in [1.54, 1.807) is 0 Å². The number of benzene rings is 1. The van der Waals surface area contributed by atoms with E-state index in [0.29, 0.717) is 0 Å². The predicted molar refractivity (Wildman–Crippen MR) is 99.1 cm³/mol. The predicted octanol–water partition coefficient (Wildman–Crippen LogP) is 5.86. The van der Waals surface area contributed by atoms with E-state index in [9.17, 15) is 0 Å². The molecular weight excluding hydrogens is 298 g/mol. The Morgan fingerprint density at radius 3 is 2.71 bits per heavy atom. The summed E-state index contributed by atoms with van der Waals surface area (Å²) in [7, 11) is 0. The lowest BCUT2D eigenvalue weighted by molar-refractivity contribution is 0.742. The van der Waals surface area contributed by atoms with Crippen LogP contribution < -0.4 is 0 Å². The minimum absolute atomic E-state index is 0.226. The number of nitrogens with zero attached hydrogens (tertiary/aromatic N) is 1. The highest BCUT2D eigenvalue weighted by molar-refractivity contribution is 7.80. The fourth-order valence-electron chi connectivity index (χ4n) is 2.50. The van der Waals surface area contributed by atoms with Crippen molar-refractivity contribution in [3.63, 3.8) is 0 Å². The molecule has 0 N–H and O–H groups in total. The summed E-state index contributed by atoms with van der Waals surface area (Å²) < 4.78 is 0. The van der Waals surface area contributed by atoms with E-state index < -0.39 is 0 Å². The summed E-state index contributed by atoms with van der Waals surface area (Å²) in [6.07, 6.45) is 5.61. The molecule has 0 radical (unpaired) electrons. The number of allylic oxidation sites excluding steroid dienone is 3. The zero-order chi connectivity index (χ0) is 15.8. The summed E-state index contributed by atoms with van der Waals surface area (Å²) in [5, 5.41) is 0.783. The molecule has 0 heterocycles. The number of hydrogen-bond donors (Lipinski definition) is 1. The van der Waals surface area contributed by atoms with Crippen molar-refractivity contribution < 1.29 is 0 Å². The maximum Gasteiger partial charge on any atom is 0.0503 e. The van der Waals surface area contributed by atoms with Crippen molar-refractivity contribution in [1.29, 1.82) is 0 Å². The SMILES string of the molecule is C=C/C(C)=C(\N=CC)C(CCS)c1ccc(Cl)cc1CC. The molecular formula is C18H24ClNS. The van der Waals surface area contributed by atoms with Crippen molar-refractivity contribution in [3.8, 4) is 0 Å². The second-order valence-electron chi connectivity index (χ2n) is 4.92. The van der Waals surface area contributed by atoms with Gasteiger partial charge in [-0.1, -0.05) is 37.2 Å². The van der Waals surface area contributed by atoms with Gasteiger partial charge >= 0.3 is 0 Å². The molecule has 3 heteroatoms. The third kappa shape index (κ3) is 4.76. The summed E-state index contributed by atoms with van der Waals surface area (Å²) in [5.74, 6) is 1.03. The van der Waals surface area contributed by atoms with E-state index in [2.05, 4.69) is 50.2 Å². The van der Waals surface area contributed by atoms with Crippen molar-refractivity contribution in [2.24, 2.45) is 4.99 Å². The van der Waals surface area contributed by atoms with Gasteiger partial charge in [-0.15, -0.1) is 0 Å². The van der Waals surface area contributed by atoms with Crippen LogP contribution in [0.4, 0.5) is 0 Å². The molecule has 0 aliphatic heterocycles. The quantitative estimate of drug-likeness (QED) is 0.367. The molecule has 0 spiro atoms. The molecule has 1 nitrogen and oxygen atoms in total. The second kappa shape index (κ2) is 9.11. The molecule has 0 bridgehead atoms. The van der Waals surface area contributed by atoms with Crippen LogP contribution in [0.1, 0.15) is 44.2 Å². The number of halogens is 1. The summed E-state index contributed by atoms with van der Waals surface area (Å²) in [5.41, 5.74) is 4.74. The van der Waals surface area contributed by atoms with Crippen LogP contribution in [0.3, 0.4) is 0 Å². The van der Waals surface area contributed by atoms with Crippen molar-refractivity contribution in [3.05, 3.63) is 58.3 Å². The Kier molecular flexibility index (Phi) is 7.84. The fraction of sp³-hybridized carbons (Fsp3) is 0.389. The summed E-state index contributed by atoms with van der Waals surface area (Å²) in [4.78, 5) is 4.60. The molecule has 0 fully saturated rings. The molecule has 21 heavy (non-hydrogen) atoms. The first-order chi connectivity index (χ1) is 10.1. The molecule has 0 amide bonds. The van der Waals surface area contributed by atoms with Crippen LogP contribution in [0.25, 0.3) is 0 Å². The number of hydrogen-bond acceptors (Lipinski definition) is 2. The lowest BCUT2D eigenvalue weighted by atomic mass is 9.87. The highest BCUT2D eigenvalue weighted by Crippen LogP contribution is 2.35. The van der Waals surface area contributed by atoms with Crippen LogP contribution in [-0.4, -0.2) is 12.0 Å². The number of thiol groups is 1. The highest BCUT2D eigenvalue weighted by atomic mass is 35.5. The van der Waals surface area contributed by atoms with Crippen molar-refractivity contribution in [2.45, 2.75) is 39.5 Å². The standard InChI is InChI=1S/C18H24ClNS/c1-5-13(4)18(20-7-3)17(10-11-21)16-9-8-15(19)12-14(16)6-2/h5,7-9,12,17,21H,1,6,10-11H2,2-4H3/b18-13-,20-7?. The van der Waals surface area contributed by atoms with E-state index in [-0.39, 0.29) is 5.92 Å². The lowest BCUT2D eigenvalue weighted by Gasteiger charge is -2.22. The van der Waals surface area contributed by atoms with Crippen LogP contribution in [0.5, 0.6) is 0 Å². The Morgan fingerprint density at radius 2 is 2.19 bits per heavy atom. The van der Waals surface area contributed by atoms with Gasteiger partial charge in [0, 0.05) is 17.2 Å². The average Bonchev–Trinajstić information content (AvgIpc) is 2.50. The van der Waals surface area contributed by atoms with Gasteiger partial charge < -0.3 is 0 Å². The van der Waals surface area contributed by atoms with Gasteiger partial charge in [0.1, 0.15) is 0 Å². The van der Waals surface area contributed by atoms with Crippen molar-refractivity contribution in [1.82, 2.24) is 0 Å². The molecule has 1 atom stereocenters. The molecule has 1 aromatic carbocycles. The van der Waals surface area contributed by atoms with E-state index >= 15 is 0 Å². The molecule has 1 aromatic rings. The molecule has 114 valence electrons. The van der Waals surface area contributed by atoms with Gasteiger partial charge in [-0.2, -0.15) is 12.6 Å². The smallest absolute Gasteiger partial charge is 0.0503 e. The monoisotopic (exact) mass is 321 g/mol. The van der Waals surface area contributed by atoms with Gasteiger partial charge in [-0.25, -0.2) is 0 Å². The van der Waals surface area contributed by atoms with E-state index in [0.717, 1.165) is 34.9 Å². The third-order valence-electron chi connectivity index (χ3n) is 3.59. The molecule has 0 aromatic heterocycles. The zero-order valence-electron chi connectivity index (χ0n) is 13.1. The Labute approximate surface area is 139 Å². The van der Waals surface area contributed by atoms with Gasteiger partial charge in [-0.3, -0.25) is 4.99 Å².